The first-order valence-electron chi connectivity index (χ1n) is 11.7. The second-order valence-electron chi connectivity index (χ2n) is 8.71. The van der Waals surface area contributed by atoms with Gasteiger partial charge in [0.25, 0.3) is 5.91 Å². The van der Waals surface area contributed by atoms with Gasteiger partial charge in [0.1, 0.15) is 17.6 Å². The molecular weight excluding hydrogens is 442 g/mol. The van der Waals surface area contributed by atoms with Gasteiger partial charge in [-0.15, -0.1) is 0 Å². The van der Waals surface area contributed by atoms with Crippen molar-refractivity contribution in [3.63, 3.8) is 0 Å². The van der Waals surface area contributed by atoms with Crippen LogP contribution in [-0.4, -0.2) is 45.5 Å². The van der Waals surface area contributed by atoms with Gasteiger partial charge in [-0.3, -0.25) is 9.59 Å². The molecule has 2 amide bonds. The number of rotatable bonds is 5. The number of hydrogen-bond donors (Lipinski definition) is 1. The molecule has 1 fully saturated rings. The summed E-state index contributed by atoms with van der Waals surface area (Å²) in [6.07, 6.45) is 5.56. The van der Waals surface area contributed by atoms with Crippen molar-refractivity contribution in [2.75, 3.05) is 11.9 Å². The van der Waals surface area contributed by atoms with Crippen molar-refractivity contribution in [1.29, 1.82) is 0 Å². The summed E-state index contributed by atoms with van der Waals surface area (Å²) in [4.78, 5) is 32.5. The van der Waals surface area contributed by atoms with Crippen LogP contribution in [0.1, 0.15) is 48.3 Å². The van der Waals surface area contributed by atoms with Crippen molar-refractivity contribution in [3.8, 4) is 5.75 Å². The number of carbonyl (C=O) groups excluding carboxylic acids is 2. The smallest absolute Gasteiger partial charge is 0.387 e. The van der Waals surface area contributed by atoms with Crippen LogP contribution in [0.25, 0.3) is 11.0 Å². The SMILES string of the molecule is O=C(Nc1ccc2c(c1)nc1n2CCCCC1)C1CCCN1C(=O)c1ccccc1OC(F)F. The van der Waals surface area contributed by atoms with Crippen LogP contribution in [0, 0.1) is 0 Å². The summed E-state index contributed by atoms with van der Waals surface area (Å²) in [5.41, 5.74) is 2.53. The minimum absolute atomic E-state index is 0.0171. The lowest BCUT2D eigenvalue weighted by molar-refractivity contribution is -0.119. The zero-order valence-electron chi connectivity index (χ0n) is 18.7. The number of nitrogens with one attached hydrogen (secondary N) is 1. The van der Waals surface area contributed by atoms with Crippen molar-refractivity contribution < 1.29 is 23.1 Å². The number of carbonyl (C=O) groups is 2. The van der Waals surface area contributed by atoms with Crippen molar-refractivity contribution in [3.05, 3.63) is 53.9 Å². The van der Waals surface area contributed by atoms with Crippen molar-refractivity contribution in [1.82, 2.24) is 14.5 Å². The van der Waals surface area contributed by atoms with Crippen molar-refractivity contribution in [2.45, 2.75) is 57.7 Å². The molecule has 5 rings (SSSR count). The third-order valence-electron chi connectivity index (χ3n) is 6.53. The predicted molar refractivity (Wildman–Crippen MR) is 123 cm³/mol. The standard InChI is InChI=1S/C25H26F2N4O3/c26-25(27)34-21-9-4-3-7-17(21)24(33)31-14-6-8-20(31)23(32)28-16-11-12-19-18(15-16)29-22-10-2-1-5-13-30(19)22/h3-4,7,9,11-12,15,20,25H,1-2,5-6,8,10,13-14H2,(H,28,32). The maximum Gasteiger partial charge on any atom is 0.387 e. The highest BCUT2D eigenvalue weighted by Gasteiger charge is 2.35. The van der Waals surface area contributed by atoms with Gasteiger partial charge in [-0.2, -0.15) is 8.78 Å². The first kappa shape index (κ1) is 22.3. The molecule has 34 heavy (non-hydrogen) atoms. The molecule has 3 aromatic rings. The molecule has 0 bridgehead atoms. The Morgan fingerprint density at radius 1 is 1.06 bits per heavy atom. The van der Waals surface area contributed by atoms with Crippen molar-refractivity contribution in [2.24, 2.45) is 0 Å². The topological polar surface area (TPSA) is 76.5 Å². The van der Waals surface area contributed by atoms with E-state index in [1.54, 1.807) is 6.07 Å². The Kier molecular flexibility index (Phi) is 6.17. The summed E-state index contributed by atoms with van der Waals surface area (Å²) in [6.45, 7) is -1.72. The number of halogens is 2. The number of amides is 2. The Hall–Kier alpha value is -3.49. The normalized spacial score (nSPS) is 18.1. The highest BCUT2D eigenvalue weighted by Crippen LogP contribution is 2.28. The van der Waals surface area contributed by atoms with Gasteiger partial charge in [0.2, 0.25) is 5.91 Å². The number of alkyl halides is 2. The molecule has 9 heteroatoms. The Morgan fingerprint density at radius 3 is 2.76 bits per heavy atom. The molecule has 178 valence electrons. The predicted octanol–water partition coefficient (Wildman–Crippen LogP) is 4.61. The number of benzene rings is 2. The van der Waals surface area contributed by atoms with Gasteiger partial charge in [0.05, 0.1) is 16.6 Å². The van der Waals surface area contributed by atoms with E-state index in [0.29, 0.717) is 25.1 Å². The minimum Gasteiger partial charge on any atom is -0.434 e. The molecule has 1 unspecified atom stereocenters. The number of ether oxygens (including phenoxy) is 1. The van der Waals surface area contributed by atoms with E-state index < -0.39 is 18.6 Å². The van der Waals surface area contributed by atoms with Crippen LogP contribution < -0.4 is 10.1 Å². The molecular formula is C25H26F2N4O3. The van der Waals surface area contributed by atoms with Gasteiger partial charge < -0.3 is 19.5 Å². The molecule has 2 aliphatic heterocycles. The van der Waals surface area contributed by atoms with Crippen LogP contribution in [0.5, 0.6) is 5.75 Å². The summed E-state index contributed by atoms with van der Waals surface area (Å²) < 4.78 is 32.3. The number of anilines is 1. The van der Waals surface area contributed by atoms with E-state index in [2.05, 4.69) is 14.6 Å². The number of aryl methyl sites for hydroxylation is 2. The van der Waals surface area contributed by atoms with Gasteiger partial charge in [0, 0.05) is 25.2 Å². The van der Waals surface area contributed by atoms with E-state index in [1.165, 1.54) is 29.5 Å². The van der Waals surface area contributed by atoms with Gasteiger partial charge >= 0.3 is 6.61 Å². The number of nitrogens with zero attached hydrogens (tertiary/aromatic N) is 3. The fourth-order valence-electron chi connectivity index (χ4n) is 4.93. The number of imidazole rings is 1. The Labute approximate surface area is 195 Å². The maximum absolute atomic E-state index is 13.1. The third kappa shape index (κ3) is 4.34. The molecule has 3 heterocycles. The van der Waals surface area contributed by atoms with E-state index >= 15 is 0 Å². The van der Waals surface area contributed by atoms with E-state index in [4.69, 9.17) is 4.98 Å². The summed E-state index contributed by atoms with van der Waals surface area (Å²) in [5, 5.41) is 2.92. The maximum atomic E-state index is 13.1. The molecule has 2 aliphatic rings. The molecule has 1 N–H and O–H groups in total. The molecule has 1 aromatic heterocycles. The molecule has 0 spiro atoms. The summed E-state index contributed by atoms with van der Waals surface area (Å²) in [5.74, 6) is 0.0761. The fourth-order valence-corrected chi connectivity index (χ4v) is 4.93. The van der Waals surface area contributed by atoms with Crippen LogP contribution in [0.15, 0.2) is 42.5 Å². The quantitative estimate of drug-likeness (QED) is 0.594. The van der Waals surface area contributed by atoms with Crippen molar-refractivity contribution >= 4 is 28.5 Å². The first-order valence-corrected chi connectivity index (χ1v) is 11.7. The Morgan fingerprint density at radius 2 is 1.91 bits per heavy atom. The monoisotopic (exact) mass is 468 g/mol. The lowest BCUT2D eigenvalue weighted by Crippen LogP contribution is -2.43. The molecule has 1 atom stereocenters. The van der Waals surface area contributed by atoms with Gasteiger partial charge in [-0.05, 0) is 56.0 Å². The number of likely N-dealkylation sites (tertiary alicyclic amines) is 1. The molecule has 0 aliphatic carbocycles. The zero-order valence-corrected chi connectivity index (χ0v) is 18.7. The number of para-hydroxylation sites is 1. The Balaban J connectivity index is 1.34. The summed E-state index contributed by atoms with van der Waals surface area (Å²) in [6, 6.07) is 10.9. The molecule has 0 saturated carbocycles. The zero-order chi connectivity index (χ0) is 23.7. The molecule has 2 aromatic carbocycles. The second-order valence-corrected chi connectivity index (χ2v) is 8.71. The number of aromatic nitrogens is 2. The van der Waals surface area contributed by atoms with E-state index in [0.717, 1.165) is 42.7 Å². The average Bonchev–Trinajstić information content (AvgIpc) is 3.37. The highest BCUT2D eigenvalue weighted by atomic mass is 19.3. The van der Waals surface area contributed by atoms with Gasteiger partial charge in [-0.25, -0.2) is 4.98 Å². The number of fused-ring (bicyclic) bond motifs is 3. The van der Waals surface area contributed by atoms with Crippen LogP contribution in [0.3, 0.4) is 0 Å². The largest absolute Gasteiger partial charge is 0.434 e. The lowest BCUT2D eigenvalue weighted by Gasteiger charge is -2.25. The average molecular weight is 469 g/mol. The highest BCUT2D eigenvalue weighted by molar-refractivity contribution is 6.03. The van der Waals surface area contributed by atoms with Crippen LogP contribution >= 0.6 is 0 Å². The Bertz CT molecular complexity index is 1230. The van der Waals surface area contributed by atoms with Crippen LogP contribution in [-0.2, 0) is 17.8 Å². The molecule has 1 saturated heterocycles. The van der Waals surface area contributed by atoms with Crippen LogP contribution in [0.4, 0.5) is 14.5 Å². The van der Waals surface area contributed by atoms with E-state index in [9.17, 15) is 18.4 Å². The lowest BCUT2D eigenvalue weighted by atomic mass is 10.1. The van der Waals surface area contributed by atoms with Crippen LogP contribution in [0.2, 0.25) is 0 Å². The summed E-state index contributed by atoms with van der Waals surface area (Å²) in [7, 11) is 0. The van der Waals surface area contributed by atoms with Gasteiger partial charge in [-0.1, -0.05) is 18.6 Å². The third-order valence-corrected chi connectivity index (χ3v) is 6.53. The minimum atomic E-state index is -3.04. The molecule has 0 radical (unpaired) electrons. The van der Waals surface area contributed by atoms with Gasteiger partial charge in [0.15, 0.2) is 0 Å². The van der Waals surface area contributed by atoms with E-state index in [1.807, 2.05) is 18.2 Å². The van der Waals surface area contributed by atoms with E-state index in [-0.39, 0.29) is 17.2 Å². The number of hydrogen-bond acceptors (Lipinski definition) is 4. The fraction of sp³-hybridized carbons (Fsp3) is 0.400. The molecule has 7 nitrogen and oxygen atoms in total. The first-order chi connectivity index (χ1) is 16.5. The summed E-state index contributed by atoms with van der Waals surface area (Å²) >= 11 is 0. The second kappa shape index (κ2) is 9.40.